The van der Waals surface area contributed by atoms with Crippen LogP contribution in [0.4, 0.5) is 5.13 Å². The summed E-state index contributed by atoms with van der Waals surface area (Å²) in [7, 11) is 4.75. The summed E-state index contributed by atoms with van der Waals surface area (Å²) >= 11 is 1.33. The Hall–Kier alpha value is -3.36. The summed E-state index contributed by atoms with van der Waals surface area (Å²) < 4.78 is 21.7. The van der Waals surface area contributed by atoms with Gasteiger partial charge in [-0.3, -0.25) is 10.1 Å². The predicted octanol–water partition coefficient (Wildman–Crippen LogP) is 4.97. The summed E-state index contributed by atoms with van der Waals surface area (Å²) in [5.41, 5.74) is 2.92. The molecule has 4 aromatic rings. The molecule has 0 aliphatic heterocycles. The van der Waals surface area contributed by atoms with E-state index in [1.807, 2.05) is 47.8 Å². The number of methoxy groups -OCH3 is 3. The lowest BCUT2D eigenvalue weighted by atomic mass is 10.1. The van der Waals surface area contributed by atoms with E-state index in [2.05, 4.69) is 10.3 Å². The molecule has 0 aliphatic carbocycles. The van der Waals surface area contributed by atoms with Crippen LogP contribution in [0.5, 0.6) is 11.5 Å². The normalized spacial score (nSPS) is 10.9. The maximum Gasteiger partial charge on any atom is 0.293 e. The third kappa shape index (κ3) is 3.74. The van der Waals surface area contributed by atoms with E-state index in [0.717, 1.165) is 16.6 Å². The van der Waals surface area contributed by atoms with E-state index in [4.69, 9.17) is 18.6 Å². The van der Waals surface area contributed by atoms with Crippen molar-refractivity contribution < 1.29 is 23.4 Å². The van der Waals surface area contributed by atoms with Crippen LogP contribution in [0.15, 0.2) is 52.3 Å². The van der Waals surface area contributed by atoms with Gasteiger partial charge in [0.25, 0.3) is 5.91 Å². The third-order valence-electron chi connectivity index (χ3n) is 4.60. The van der Waals surface area contributed by atoms with Crippen LogP contribution in [-0.2, 0) is 11.3 Å². The van der Waals surface area contributed by atoms with Gasteiger partial charge < -0.3 is 18.6 Å². The lowest BCUT2D eigenvalue weighted by Crippen LogP contribution is -2.13. The number of anilines is 1. The highest BCUT2D eigenvalue weighted by Crippen LogP contribution is 2.34. The molecule has 0 saturated heterocycles. The Morgan fingerprint density at radius 3 is 2.67 bits per heavy atom. The van der Waals surface area contributed by atoms with Crippen LogP contribution in [0.2, 0.25) is 0 Å². The number of carbonyl (C=O) groups is 1. The number of para-hydroxylation sites is 1. The minimum absolute atomic E-state index is 0.223. The standard InChI is InChI=1S/C22H20N2O5S/c1-26-11-15-14-6-4-5-7-17(14)29-20(15)21(25)24-22-23-16(12-30-22)13-8-9-18(27-2)19(10-13)28-3/h4-10,12H,11H2,1-3H3,(H,23,24,25). The summed E-state index contributed by atoms with van der Waals surface area (Å²) in [6, 6.07) is 13.0. The Balaban J connectivity index is 1.59. The van der Waals surface area contributed by atoms with E-state index < -0.39 is 0 Å². The smallest absolute Gasteiger partial charge is 0.293 e. The van der Waals surface area contributed by atoms with Crippen molar-refractivity contribution in [3.05, 3.63) is 59.2 Å². The van der Waals surface area contributed by atoms with Crippen molar-refractivity contribution in [3.63, 3.8) is 0 Å². The largest absolute Gasteiger partial charge is 0.493 e. The van der Waals surface area contributed by atoms with Gasteiger partial charge in [0.1, 0.15) is 5.58 Å². The predicted molar refractivity (Wildman–Crippen MR) is 116 cm³/mol. The third-order valence-corrected chi connectivity index (χ3v) is 5.35. The Kier molecular flexibility index (Phi) is 5.69. The Bertz CT molecular complexity index is 1200. The van der Waals surface area contributed by atoms with Gasteiger partial charge in [0, 0.05) is 29.0 Å². The first-order valence-electron chi connectivity index (χ1n) is 9.13. The number of amides is 1. The van der Waals surface area contributed by atoms with E-state index >= 15 is 0 Å². The molecule has 0 atom stereocenters. The molecule has 0 bridgehead atoms. The zero-order valence-electron chi connectivity index (χ0n) is 16.7. The first kappa shape index (κ1) is 19.9. The molecule has 2 aromatic carbocycles. The van der Waals surface area contributed by atoms with Gasteiger partial charge in [-0.2, -0.15) is 0 Å². The summed E-state index contributed by atoms with van der Waals surface area (Å²) in [6.45, 7) is 0.272. The SMILES string of the molecule is COCc1c(C(=O)Nc2nc(-c3ccc(OC)c(OC)c3)cs2)oc2ccccc12. The molecular formula is C22H20N2O5S. The van der Waals surface area contributed by atoms with E-state index in [9.17, 15) is 4.79 Å². The summed E-state index contributed by atoms with van der Waals surface area (Å²) in [5, 5.41) is 6.01. The second-order valence-electron chi connectivity index (χ2n) is 6.40. The van der Waals surface area contributed by atoms with Crippen LogP contribution >= 0.6 is 11.3 Å². The van der Waals surface area contributed by atoms with Gasteiger partial charge in [-0.15, -0.1) is 11.3 Å². The summed E-state index contributed by atoms with van der Waals surface area (Å²) in [4.78, 5) is 17.4. The molecule has 0 unspecified atom stereocenters. The highest BCUT2D eigenvalue weighted by Gasteiger charge is 2.21. The molecule has 0 aliphatic rings. The van der Waals surface area contributed by atoms with Crippen molar-refractivity contribution in [2.45, 2.75) is 6.61 Å². The van der Waals surface area contributed by atoms with Gasteiger partial charge in [-0.1, -0.05) is 18.2 Å². The Morgan fingerprint density at radius 2 is 1.90 bits per heavy atom. The van der Waals surface area contributed by atoms with Crippen molar-refractivity contribution in [1.29, 1.82) is 0 Å². The second kappa shape index (κ2) is 8.56. The number of thiazole rings is 1. The number of furan rings is 1. The van der Waals surface area contributed by atoms with E-state index in [1.54, 1.807) is 21.3 Å². The van der Waals surface area contributed by atoms with Crippen molar-refractivity contribution in [2.24, 2.45) is 0 Å². The zero-order valence-corrected chi connectivity index (χ0v) is 17.5. The van der Waals surface area contributed by atoms with Crippen LogP contribution in [0.1, 0.15) is 16.1 Å². The lowest BCUT2D eigenvalue weighted by molar-refractivity contribution is 0.0992. The molecular weight excluding hydrogens is 404 g/mol. The highest BCUT2D eigenvalue weighted by molar-refractivity contribution is 7.14. The van der Waals surface area contributed by atoms with E-state index in [1.165, 1.54) is 11.3 Å². The molecule has 0 radical (unpaired) electrons. The monoisotopic (exact) mass is 424 g/mol. The zero-order chi connectivity index (χ0) is 21.1. The quantitative estimate of drug-likeness (QED) is 0.451. The van der Waals surface area contributed by atoms with Crippen LogP contribution in [-0.4, -0.2) is 32.2 Å². The van der Waals surface area contributed by atoms with Crippen LogP contribution in [0, 0.1) is 0 Å². The molecule has 0 saturated carbocycles. The molecule has 1 amide bonds. The van der Waals surface area contributed by atoms with Gasteiger partial charge in [0.05, 0.1) is 26.5 Å². The number of hydrogen-bond acceptors (Lipinski definition) is 7. The average molecular weight is 424 g/mol. The number of hydrogen-bond donors (Lipinski definition) is 1. The van der Waals surface area contributed by atoms with Gasteiger partial charge >= 0.3 is 0 Å². The molecule has 4 rings (SSSR count). The Labute approximate surface area is 177 Å². The number of fused-ring (bicyclic) bond motifs is 1. The number of ether oxygens (including phenoxy) is 3. The maximum atomic E-state index is 12.9. The minimum Gasteiger partial charge on any atom is -0.493 e. The fourth-order valence-corrected chi connectivity index (χ4v) is 3.90. The summed E-state index contributed by atoms with van der Waals surface area (Å²) in [5.74, 6) is 1.10. The molecule has 7 nitrogen and oxygen atoms in total. The van der Waals surface area contributed by atoms with Crippen molar-refractivity contribution in [1.82, 2.24) is 4.98 Å². The first-order chi connectivity index (χ1) is 14.6. The van der Waals surface area contributed by atoms with Gasteiger partial charge in [0.15, 0.2) is 22.4 Å². The van der Waals surface area contributed by atoms with Crippen LogP contribution in [0.25, 0.3) is 22.2 Å². The Morgan fingerprint density at radius 1 is 1.10 bits per heavy atom. The molecule has 2 aromatic heterocycles. The fourth-order valence-electron chi connectivity index (χ4n) is 3.18. The van der Waals surface area contributed by atoms with E-state index in [0.29, 0.717) is 27.8 Å². The molecule has 0 spiro atoms. The van der Waals surface area contributed by atoms with Gasteiger partial charge in [-0.25, -0.2) is 4.98 Å². The number of nitrogens with zero attached hydrogens (tertiary/aromatic N) is 1. The van der Waals surface area contributed by atoms with Gasteiger partial charge in [0.2, 0.25) is 0 Å². The lowest BCUT2D eigenvalue weighted by Gasteiger charge is -2.08. The van der Waals surface area contributed by atoms with Gasteiger partial charge in [-0.05, 0) is 24.3 Å². The molecule has 154 valence electrons. The molecule has 2 heterocycles. The highest BCUT2D eigenvalue weighted by atomic mass is 32.1. The molecule has 8 heteroatoms. The minimum atomic E-state index is -0.369. The molecule has 30 heavy (non-hydrogen) atoms. The van der Waals surface area contributed by atoms with Crippen LogP contribution in [0.3, 0.4) is 0 Å². The first-order valence-corrected chi connectivity index (χ1v) is 10.0. The number of nitrogens with one attached hydrogen (secondary N) is 1. The maximum absolute atomic E-state index is 12.9. The van der Waals surface area contributed by atoms with Crippen LogP contribution < -0.4 is 14.8 Å². The van der Waals surface area contributed by atoms with Crippen molar-refractivity contribution >= 4 is 33.3 Å². The number of carbonyl (C=O) groups excluding carboxylic acids is 1. The number of aromatic nitrogens is 1. The second-order valence-corrected chi connectivity index (χ2v) is 7.26. The average Bonchev–Trinajstić information content (AvgIpc) is 3.38. The topological polar surface area (TPSA) is 82.8 Å². The number of rotatable bonds is 7. The van der Waals surface area contributed by atoms with Crippen molar-refractivity contribution in [3.8, 4) is 22.8 Å². The summed E-state index contributed by atoms with van der Waals surface area (Å²) in [6.07, 6.45) is 0. The molecule has 1 N–H and O–H groups in total. The number of benzene rings is 2. The molecule has 0 fully saturated rings. The fraction of sp³-hybridized carbons (Fsp3) is 0.182. The van der Waals surface area contributed by atoms with E-state index in [-0.39, 0.29) is 18.3 Å². The van der Waals surface area contributed by atoms with Crippen molar-refractivity contribution in [2.75, 3.05) is 26.6 Å².